The average molecular weight is 732 g/mol. The van der Waals surface area contributed by atoms with Crippen LogP contribution in [0.2, 0.25) is 0 Å². The Labute approximate surface area is 302 Å². The van der Waals surface area contributed by atoms with Crippen molar-refractivity contribution in [1.82, 2.24) is 5.32 Å². The van der Waals surface area contributed by atoms with E-state index in [1.807, 2.05) is 6.92 Å². The van der Waals surface area contributed by atoms with Crippen molar-refractivity contribution in [2.45, 2.75) is 180 Å². The number of carbonyl (C=O) groups is 3. The normalized spacial score (nSPS) is 14.2. The summed E-state index contributed by atoms with van der Waals surface area (Å²) in [6.07, 6.45) is 33.1. The van der Waals surface area contributed by atoms with Crippen LogP contribution >= 0.6 is 7.82 Å². The molecule has 0 aromatic rings. The number of allylic oxidation sites excluding steroid dienone is 4. The summed E-state index contributed by atoms with van der Waals surface area (Å²) in [5.41, 5.74) is 0. The third-order valence-electron chi connectivity index (χ3n) is 8.24. The van der Waals surface area contributed by atoms with Crippen molar-refractivity contribution >= 4 is 25.7 Å². The molecule has 0 aliphatic heterocycles. The number of carboxylic acid groups (broad SMARTS) is 1. The third kappa shape index (κ3) is 33.1. The van der Waals surface area contributed by atoms with Crippen molar-refractivity contribution in [3.63, 3.8) is 0 Å². The van der Waals surface area contributed by atoms with Gasteiger partial charge in [-0.15, -0.1) is 0 Å². The Kier molecular flexibility index (Phi) is 32.7. The van der Waals surface area contributed by atoms with E-state index in [1.165, 1.54) is 89.9 Å². The molecule has 0 saturated carbocycles. The van der Waals surface area contributed by atoms with Gasteiger partial charge in [-0.25, -0.2) is 9.36 Å². The first-order valence-corrected chi connectivity index (χ1v) is 20.9. The second-order valence-corrected chi connectivity index (χ2v) is 14.6. The van der Waals surface area contributed by atoms with Crippen molar-refractivity contribution < 1.29 is 47.8 Å². The van der Waals surface area contributed by atoms with Crippen LogP contribution in [0.4, 0.5) is 0 Å². The number of aliphatic carboxylic acids is 1. The maximum atomic E-state index is 12.3. The lowest BCUT2D eigenvalue weighted by Crippen LogP contribution is -2.43. The first-order chi connectivity index (χ1) is 24.1. The van der Waals surface area contributed by atoms with Crippen LogP contribution in [0.3, 0.4) is 0 Å². The number of phosphoric ester groups is 1. The highest BCUT2D eigenvalue weighted by Crippen LogP contribution is 2.43. The number of nitrogens with one attached hydrogen (secondary N) is 1. The molecule has 0 aromatic carbocycles. The Balaban J connectivity index is 3.80. The number of carboxylic acids is 1. The Morgan fingerprint density at radius 2 is 1.10 bits per heavy atom. The van der Waals surface area contributed by atoms with Crippen molar-refractivity contribution in [3.05, 3.63) is 24.3 Å². The quantitative estimate of drug-likeness (QED) is 0.0211. The fourth-order valence-electron chi connectivity index (χ4n) is 5.17. The van der Waals surface area contributed by atoms with Crippen LogP contribution in [-0.2, 0) is 32.7 Å². The highest BCUT2D eigenvalue weighted by Gasteiger charge is 2.28. The Morgan fingerprint density at radius 3 is 1.64 bits per heavy atom. The molecule has 1 amide bonds. The number of ether oxygens (including phenoxy) is 1. The number of aliphatic hydroxyl groups is 1. The van der Waals surface area contributed by atoms with E-state index >= 15 is 0 Å². The predicted octanol–water partition coefficient (Wildman–Crippen LogP) is 9.11. The second-order valence-electron chi connectivity index (χ2n) is 13.1. The first-order valence-electron chi connectivity index (χ1n) is 19.4. The van der Waals surface area contributed by atoms with Gasteiger partial charge in [0, 0.05) is 12.8 Å². The molecule has 0 aliphatic rings. The molecule has 0 radical (unpaired) electrons. The molecule has 0 aromatic heterocycles. The molecule has 12 heteroatoms. The summed E-state index contributed by atoms with van der Waals surface area (Å²) < 4.78 is 26.4. The highest BCUT2D eigenvalue weighted by atomic mass is 31.2. The molecule has 4 N–H and O–H groups in total. The number of rotatable bonds is 36. The lowest BCUT2D eigenvalue weighted by Gasteiger charge is -2.18. The van der Waals surface area contributed by atoms with E-state index in [1.54, 1.807) is 0 Å². The van der Waals surface area contributed by atoms with Crippen LogP contribution < -0.4 is 5.32 Å². The van der Waals surface area contributed by atoms with Crippen LogP contribution in [0.1, 0.15) is 168 Å². The zero-order valence-electron chi connectivity index (χ0n) is 31.2. The fourth-order valence-corrected chi connectivity index (χ4v) is 5.94. The molecule has 50 heavy (non-hydrogen) atoms. The molecule has 3 atom stereocenters. The summed E-state index contributed by atoms with van der Waals surface area (Å²) in [6, 6.07) is -1.54. The number of aliphatic hydroxyl groups excluding tert-OH is 1. The molecule has 0 spiro atoms. The van der Waals surface area contributed by atoms with E-state index in [-0.39, 0.29) is 12.8 Å². The van der Waals surface area contributed by atoms with E-state index in [9.17, 15) is 34.1 Å². The van der Waals surface area contributed by atoms with Crippen LogP contribution in [0.15, 0.2) is 24.3 Å². The number of carbonyl (C=O) groups excluding carboxylic acids is 2. The van der Waals surface area contributed by atoms with Gasteiger partial charge in [-0.1, -0.05) is 134 Å². The van der Waals surface area contributed by atoms with Gasteiger partial charge in [-0.2, -0.15) is 0 Å². The molecule has 3 unspecified atom stereocenters. The smallest absolute Gasteiger partial charge is 0.472 e. The minimum Gasteiger partial charge on any atom is -0.480 e. The van der Waals surface area contributed by atoms with Gasteiger partial charge in [-0.05, 0) is 44.9 Å². The van der Waals surface area contributed by atoms with Gasteiger partial charge in [0.25, 0.3) is 0 Å². The molecule has 0 aliphatic carbocycles. The van der Waals surface area contributed by atoms with Crippen LogP contribution in [0.5, 0.6) is 0 Å². The lowest BCUT2D eigenvalue weighted by atomic mass is 10.0. The van der Waals surface area contributed by atoms with Crippen LogP contribution in [0.25, 0.3) is 0 Å². The highest BCUT2D eigenvalue weighted by molar-refractivity contribution is 7.47. The predicted molar refractivity (Wildman–Crippen MR) is 199 cm³/mol. The zero-order chi connectivity index (χ0) is 37.1. The van der Waals surface area contributed by atoms with E-state index in [0.29, 0.717) is 12.8 Å². The molecule has 0 saturated heterocycles. The third-order valence-corrected chi connectivity index (χ3v) is 9.19. The number of phosphoric acid groups is 1. The Bertz CT molecular complexity index is 958. The van der Waals surface area contributed by atoms with Gasteiger partial charge in [-0.3, -0.25) is 18.6 Å². The summed E-state index contributed by atoms with van der Waals surface area (Å²) in [4.78, 5) is 45.2. The standard InChI is InChI=1S/C38H70NO10P/c1-3-5-7-8-9-10-11-12-13-14-15-16-17-18-19-20-21-22-23-24-25-26-28-29-36(41)39-35(38(43)44)33-49-50(45,46)48-32-34(40)31-47-37(42)30-27-6-4-2/h9-10,12-13,34-35,40H,3-8,11,14-33H2,1-2H3,(H,39,41)(H,43,44)(H,45,46)/b10-9-,13-12-. The number of unbranched alkanes of at least 4 members (excludes halogenated alkanes) is 18. The summed E-state index contributed by atoms with van der Waals surface area (Å²) in [5, 5.41) is 21.5. The molecule has 292 valence electrons. The van der Waals surface area contributed by atoms with Crippen LogP contribution in [0, 0.1) is 0 Å². The summed E-state index contributed by atoms with van der Waals surface area (Å²) >= 11 is 0. The largest absolute Gasteiger partial charge is 0.480 e. The van der Waals surface area contributed by atoms with Crippen molar-refractivity contribution in [3.8, 4) is 0 Å². The number of esters is 1. The van der Waals surface area contributed by atoms with Crippen molar-refractivity contribution in [2.24, 2.45) is 0 Å². The van der Waals surface area contributed by atoms with Gasteiger partial charge >= 0.3 is 19.8 Å². The average Bonchev–Trinajstić information content (AvgIpc) is 3.08. The topological polar surface area (TPSA) is 169 Å². The summed E-state index contributed by atoms with van der Waals surface area (Å²) in [7, 11) is -4.73. The van der Waals surface area contributed by atoms with Gasteiger partial charge in [0.15, 0.2) is 6.04 Å². The van der Waals surface area contributed by atoms with Crippen molar-refractivity contribution in [1.29, 1.82) is 0 Å². The Hall–Kier alpha value is -2.04. The molecular weight excluding hydrogens is 661 g/mol. The summed E-state index contributed by atoms with van der Waals surface area (Å²) in [6.45, 7) is 2.34. The maximum Gasteiger partial charge on any atom is 0.472 e. The van der Waals surface area contributed by atoms with Gasteiger partial charge in [0.05, 0.1) is 13.2 Å². The van der Waals surface area contributed by atoms with Crippen molar-refractivity contribution in [2.75, 3.05) is 19.8 Å². The van der Waals surface area contributed by atoms with Gasteiger partial charge < -0.3 is 25.2 Å². The fraction of sp³-hybridized carbons (Fsp3) is 0.816. The van der Waals surface area contributed by atoms with E-state index in [0.717, 1.165) is 38.5 Å². The minimum atomic E-state index is -4.73. The summed E-state index contributed by atoms with van der Waals surface area (Å²) in [5.74, 6) is -2.40. The first kappa shape index (κ1) is 48.0. The van der Waals surface area contributed by atoms with Gasteiger partial charge in [0.1, 0.15) is 12.7 Å². The maximum absolute atomic E-state index is 12.3. The molecule has 0 bridgehead atoms. The molecule has 0 rings (SSSR count). The van der Waals surface area contributed by atoms with E-state index in [2.05, 4.69) is 41.1 Å². The number of amides is 1. The monoisotopic (exact) mass is 731 g/mol. The molecule has 0 heterocycles. The lowest BCUT2D eigenvalue weighted by molar-refractivity contribution is -0.147. The second kappa shape index (κ2) is 34.1. The Morgan fingerprint density at radius 1 is 0.640 bits per heavy atom. The number of hydrogen-bond donors (Lipinski definition) is 4. The van der Waals surface area contributed by atoms with E-state index in [4.69, 9.17) is 9.26 Å². The zero-order valence-corrected chi connectivity index (χ0v) is 32.1. The SMILES string of the molecule is CCCCC/C=C\C/C=C\CCCCCCCCCCCCCCCC(=O)NC(COP(=O)(O)OCC(O)COC(=O)CCCCC)C(=O)O. The van der Waals surface area contributed by atoms with Gasteiger partial charge in [0.2, 0.25) is 5.91 Å². The van der Waals surface area contributed by atoms with Crippen LogP contribution in [-0.4, -0.2) is 64.9 Å². The molecule has 11 nitrogen and oxygen atoms in total. The minimum absolute atomic E-state index is 0.146. The number of hydrogen-bond acceptors (Lipinski definition) is 8. The van der Waals surface area contributed by atoms with E-state index < -0.39 is 57.6 Å². The molecule has 0 fully saturated rings. The molecular formula is C38H70NO10P.